The smallest absolute Gasteiger partial charge is 0.182 e. The molecule has 0 bridgehead atoms. The molecule has 2 rings (SSSR count). The van der Waals surface area contributed by atoms with Gasteiger partial charge in [0.1, 0.15) is 5.82 Å². The van der Waals surface area contributed by atoms with Gasteiger partial charge in [0.15, 0.2) is 20.6 Å². The van der Waals surface area contributed by atoms with Crippen molar-refractivity contribution < 1.29 is 8.42 Å². The van der Waals surface area contributed by atoms with Gasteiger partial charge in [0, 0.05) is 24.8 Å². The largest absolute Gasteiger partial charge is 0.382 e. The minimum Gasteiger partial charge on any atom is -0.382 e. The van der Waals surface area contributed by atoms with Crippen LogP contribution in [0.3, 0.4) is 0 Å². The van der Waals surface area contributed by atoms with Crippen LogP contribution in [-0.4, -0.2) is 38.5 Å². The normalized spacial score (nSPS) is 11.7. The second kappa shape index (κ2) is 5.34. The molecule has 21 heavy (non-hydrogen) atoms. The Kier molecular flexibility index (Phi) is 4.03. The number of aryl methyl sites for hydroxylation is 1. The minimum absolute atomic E-state index is 0.0508. The van der Waals surface area contributed by atoms with Crippen LogP contribution in [0.5, 0.6) is 0 Å². The van der Waals surface area contributed by atoms with Crippen molar-refractivity contribution in [1.82, 2.24) is 9.78 Å². The second-order valence-electron chi connectivity index (χ2n) is 5.05. The summed E-state index contributed by atoms with van der Waals surface area (Å²) in [5.74, 6) is 0.448. The maximum atomic E-state index is 12.0. The quantitative estimate of drug-likeness (QED) is 0.890. The third kappa shape index (κ3) is 2.91. The summed E-state index contributed by atoms with van der Waals surface area (Å²) in [5, 5.41) is 4.36. The summed E-state index contributed by atoms with van der Waals surface area (Å²) in [6.45, 7) is 1.91. The van der Waals surface area contributed by atoms with Crippen molar-refractivity contribution in [2.45, 2.75) is 11.8 Å². The Hall–Kier alpha value is -1.54. The summed E-state index contributed by atoms with van der Waals surface area (Å²) in [4.78, 5) is 1.69. The molecule has 0 radical (unpaired) electrons. The standard InChI is InChI=1S/C13H17BrN4O2S/c1-8-7-9(14)5-6-10(8)18-12(15)11(21(4,19)20)13(16-18)17(2)3/h5-7H,15H2,1-4H3. The molecule has 0 aliphatic rings. The Balaban J connectivity index is 2.78. The first-order valence-corrected chi connectivity index (χ1v) is 8.83. The summed E-state index contributed by atoms with van der Waals surface area (Å²) in [5.41, 5.74) is 7.73. The average molecular weight is 373 g/mol. The lowest BCUT2D eigenvalue weighted by atomic mass is 10.2. The molecule has 0 fully saturated rings. The van der Waals surface area contributed by atoms with E-state index < -0.39 is 9.84 Å². The lowest BCUT2D eigenvalue weighted by molar-refractivity contribution is 0.602. The van der Waals surface area contributed by atoms with Gasteiger partial charge in [0.05, 0.1) is 5.69 Å². The molecule has 1 aromatic heterocycles. The Morgan fingerprint density at radius 3 is 2.38 bits per heavy atom. The van der Waals surface area contributed by atoms with E-state index in [1.165, 1.54) is 4.68 Å². The van der Waals surface area contributed by atoms with Crippen LogP contribution >= 0.6 is 15.9 Å². The number of nitrogens with zero attached hydrogens (tertiary/aromatic N) is 3. The van der Waals surface area contributed by atoms with E-state index in [0.717, 1.165) is 22.0 Å². The molecule has 0 unspecified atom stereocenters. The van der Waals surface area contributed by atoms with Gasteiger partial charge in [0.25, 0.3) is 0 Å². The van der Waals surface area contributed by atoms with E-state index in [-0.39, 0.29) is 10.7 Å². The van der Waals surface area contributed by atoms with Crippen LogP contribution in [0.15, 0.2) is 27.6 Å². The zero-order valence-electron chi connectivity index (χ0n) is 12.3. The molecule has 0 atom stereocenters. The van der Waals surface area contributed by atoms with Crippen molar-refractivity contribution in [2.75, 3.05) is 31.0 Å². The lowest BCUT2D eigenvalue weighted by Gasteiger charge is -2.09. The van der Waals surface area contributed by atoms with E-state index in [1.54, 1.807) is 19.0 Å². The first-order valence-electron chi connectivity index (χ1n) is 6.15. The molecule has 0 saturated heterocycles. The summed E-state index contributed by atoms with van der Waals surface area (Å²) >= 11 is 3.40. The number of rotatable bonds is 3. The molecule has 0 aliphatic carbocycles. The SMILES string of the molecule is Cc1cc(Br)ccc1-n1nc(N(C)C)c(S(C)(=O)=O)c1N. The third-order valence-electron chi connectivity index (χ3n) is 3.04. The molecule has 1 heterocycles. The Labute approximate surface area is 132 Å². The first kappa shape index (κ1) is 15.8. The van der Waals surface area contributed by atoms with Gasteiger partial charge >= 0.3 is 0 Å². The van der Waals surface area contributed by atoms with E-state index in [0.29, 0.717) is 5.82 Å². The van der Waals surface area contributed by atoms with Crippen LogP contribution in [0.1, 0.15) is 5.56 Å². The van der Waals surface area contributed by atoms with Gasteiger partial charge in [-0.3, -0.25) is 0 Å². The van der Waals surface area contributed by atoms with Crippen molar-refractivity contribution >= 4 is 37.4 Å². The molecule has 6 nitrogen and oxygen atoms in total. The molecule has 0 amide bonds. The summed E-state index contributed by atoms with van der Waals surface area (Å²) < 4.78 is 26.4. The third-order valence-corrected chi connectivity index (χ3v) is 4.67. The fourth-order valence-corrected chi connectivity index (χ4v) is 3.59. The second-order valence-corrected chi connectivity index (χ2v) is 7.92. The topological polar surface area (TPSA) is 81.2 Å². The number of hydrogen-bond donors (Lipinski definition) is 1. The number of halogens is 1. The van der Waals surface area contributed by atoms with Crippen molar-refractivity contribution in [2.24, 2.45) is 0 Å². The predicted molar refractivity (Wildman–Crippen MR) is 87.9 cm³/mol. The van der Waals surface area contributed by atoms with Gasteiger partial charge in [0.2, 0.25) is 0 Å². The van der Waals surface area contributed by atoms with Gasteiger partial charge in [-0.25, -0.2) is 13.1 Å². The van der Waals surface area contributed by atoms with Gasteiger partial charge in [-0.1, -0.05) is 15.9 Å². The van der Waals surface area contributed by atoms with Crippen LogP contribution in [-0.2, 0) is 9.84 Å². The van der Waals surface area contributed by atoms with Crippen LogP contribution in [0.25, 0.3) is 5.69 Å². The summed E-state index contributed by atoms with van der Waals surface area (Å²) in [7, 11) is -0.0138. The number of sulfone groups is 1. The maximum absolute atomic E-state index is 12.0. The molecule has 8 heteroatoms. The van der Waals surface area contributed by atoms with Crippen LogP contribution < -0.4 is 10.6 Å². The molecule has 0 aliphatic heterocycles. The van der Waals surface area contributed by atoms with E-state index in [1.807, 2.05) is 25.1 Å². The maximum Gasteiger partial charge on any atom is 0.182 e. The number of nitrogen functional groups attached to an aromatic ring is 1. The van der Waals surface area contributed by atoms with Gasteiger partial charge in [-0.15, -0.1) is 5.10 Å². The summed E-state index contributed by atoms with van der Waals surface area (Å²) in [6, 6.07) is 5.62. The van der Waals surface area contributed by atoms with Gasteiger partial charge in [-0.05, 0) is 30.7 Å². The monoisotopic (exact) mass is 372 g/mol. The van der Waals surface area contributed by atoms with Crippen molar-refractivity contribution in [3.05, 3.63) is 28.2 Å². The molecule has 1 aromatic carbocycles. The van der Waals surface area contributed by atoms with Crippen molar-refractivity contribution in [3.63, 3.8) is 0 Å². The Morgan fingerprint density at radius 1 is 1.33 bits per heavy atom. The lowest BCUT2D eigenvalue weighted by Crippen LogP contribution is -2.13. The van der Waals surface area contributed by atoms with Crippen molar-refractivity contribution in [3.8, 4) is 5.69 Å². The molecule has 0 saturated carbocycles. The first-order chi connectivity index (χ1) is 9.62. The zero-order chi connectivity index (χ0) is 15.9. The highest BCUT2D eigenvalue weighted by Gasteiger charge is 2.26. The van der Waals surface area contributed by atoms with E-state index in [4.69, 9.17) is 5.73 Å². The molecular formula is C13H17BrN4O2S. The summed E-state index contributed by atoms with van der Waals surface area (Å²) in [6.07, 6.45) is 1.13. The number of hydrogen-bond acceptors (Lipinski definition) is 5. The van der Waals surface area contributed by atoms with Crippen LogP contribution in [0.4, 0.5) is 11.6 Å². The number of nitrogens with two attached hydrogens (primary N) is 1. The Morgan fingerprint density at radius 2 is 1.95 bits per heavy atom. The minimum atomic E-state index is -3.48. The number of anilines is 2. The highest BCUT2D eigenvalue weighted by molar-refractivity contribution is 9.10. The Bertz CT molecular complexity index is 797. The molecule has 0 spiro atoms. The van der Waals surface area contributed by atoms with E-state index in [2.05, 4.69) is 21.0 Å². The average Bonchev–Trinajstić information content (AvgIpc) is 2.67. The highest BCUT2D eigenvalue weighted by Crippen LogP contribution is 2.32. The fourth-order valence-electron chi connectivity index (χ4n) is 2.09. The van der Waals surface area contributed by atoms with Crippen molar-refractivity contribution in [1.29, 1.82) is 0 Å². The molecule has 114 valence electrons. The molecule has 2 aromatic rings. The van der Waals surface area contributed by atoms with Crippen LogP contribution in [0.2, 0.25) is 0 Å². The van der Waals surface area contributed by atoms with Gasteiger partial charge < -0.3 is 10.6 Å². The fraction of sp³-hybridized carbons (Fsp3) is 0.308. The highest BCUT2D eigenvalue weighted by atomic mass is 79.9. The van der Waals surface area contributed by atoms with Gasteiger partial charge in [-0.2, -0.15) is 0 Å². The predicted octanol–water partition coefficient (Wildman–Crippen LogP) is 1.99. The van der Waals surface area contributed by atoms with E-state index >= 15 is 0 Å². The number of aromatic nitrogens is 2. The van der Waals surface area contributed by atoms with Crippen LogP contribution in [0, 0.1) is 6.92 Å². The zero-order valence-corrected chi connectivity index (χ0v) is 14.7. The number of benzene rings is 1. The van der Waals surface area contributed by atoms with E-state index in [9.17, 15) is 8.42 Å². The molecular weight excluding hydrogens is 356 g/mol. The molecule has 2 N–H and O–H groups in total.